The van der Waals surface area contributed by atoms with Crippen LogP contribution < -0.4 is 19.7 Å². The highest BCUT2D eigenvalue weighted by molar-refractivity contribution is 5.84. The molecule has 1 amide bonds. The maximum atomic E-state index is 12.2. The molecule has 0 aliphatic carbocycles. The fourth-order valence-corrected chi connectivity index (χ4v) is 5.27. The first kappa shape index (κ1) is 25.0. The predicted octanol–water partition coefficient (Wildman–Crippen LogP) is 3.97. The van der Waals surface area contributed by atoms with Crippen LogP contribution in [0.5, 0.6) is 11.5 Å². The number of carbonyl (C=O) groups is 1. The number of rotatable bonds is 6. The number of aromatic nitrogens is 4. The molecule has 0 spiro atoms. The molecule has 6 rings (SSSR count). The van der Waals surface area contributed by atoms with Crippen molar-refractivity contribution in [2.45, 2.75) is 52.9 Å². The third kappa shape index (κ3) is 4.94. The van der Waals surface area contributed by atoms with Gasteiger partial charge in [0.15, 0.2) is 28.5 Å². The molecular weight excluding hydrogens is 494 g/mol. The molecule has 1 saturated heterocycles. The van der Waals surface area contributed by atoms with E-state index in [9.17, 15) is 4.79 Å². The number of imidazole rings is 1. The van der Waals surface area contributed by atoms with Crippen molar-refractivity contribution >= 4 is 28.8 Å². The Labute approximate surface area is 227 Å². The number of piperazine rings is 1. The highest BCUT2D eigenvalue weighted by atomic mass is 16.7. The molecule has 2 aliphatic heterocycles. The summed E-state index contributed by atoms with van der Waals surface area (Å²) in [7, 11) is 0. The van der Waals surface area contributed by atoms with Crippen LogP contribution in [0.1, 0.15) is 37.5 Å². The molecule has 0 bridgehead atoms. The number of benzene rings is 2. The van der Waals surface area contributed by atoms with Crippen molar-refractivity contribution in [2.24, 2.45) is 0 Å². The number of hydrogen-bond donors (Lipinski definition) is 1. The van der Waals surface area contributed by atoms with E-state index < -0.39 is 0 Å². The highest BCUT2D eigenvalue weighted by Gasteiger charge is 2.32. The number of ether oxygens (including phenoxy) is 2. The van der Waals surface area contributed by atoms with Crippen molar-refractivity contribution in [1.29, 1.82) is 0 Å². The van der Waals surface area contributed by atoms with Crippen molar-refractivity contribution in [1.82, 2.24) is 24.4 Å². The van der Waals surface area contributed by atoms with Gasteiger partial charge in [0.25, 0.3) is 0 Å². The van der Waals surface area contributed by atoms with Gasteiger partial charge in [0, 0.05) is 38.6 Å². The van der Waals surface area contributed by atoms with Crippen LogP contribution in [0, 0.1) is 6.92 Å². The Morgan fingerprint density at radius 3 is 2.56 bits per heavy atom. The lowest BCUT2D eigenvalue weighted by molar-refractivity contribution is -0.131. The number of nitrogens with zero attached hydrogens (tertiary/aromatic N) is 6. The average molecular weight is 528 g/mol. The first-order valence-corrected chi connectivity index (χ1v) is 13.3. The van der Waals surface area contributed by atoms with Gasteiger partial charge in [-0.05, 0) is 44.0 Å². The van der Waals surface area contributed by atoms with Crippen LogP contribution in [0.2, 0.25) is 0 Å². The minimum absolute atomic E-state index is 0.0560. The van der Waals surface area contributed by atoms with Gasteiger partial charge in [-0.25, -0.2) is 4.98 Å². The second-order valence-corrected chi connectivity index (χ2v) is 10.5. The molecule has 2 aliphatic rings. The molecule has 2 atom stereocenters. The van der Waals surface area contributed by atoms with E-state index in [-0.39, 0.29) is 24.8 Å². The third-order valence-corrected chi connectivity index (χ3v) is 7.47. The van der Waals surface area contributed by atoms with E-state index in [2.05, 4.69) is 59.8 Å². The molecular formula is C29H33N7O3. The van der Waals surface area contributed by atoms with Crippen molar-refractivity contribution in [2.75, 3.05) is 30.1 Å². The van der Waals surface area contributed by atoms with Gasteiger partial charge in [-0.15, -0.1) is 0 Å². The van der Waals surface area contributed by atoms with E-state index >= 15 is 0 Å². The van der Waals surface area contributed by atoms with Gasteiger partial charge in [-0.1, -0.05) is 35.9 Å². The molecule has 1 fully saturated rings. The first-order chi connectivity index (χ1) is 18.9. The lowest BCUT2D eigenvalue weighted by Crippen LogP contribution is -2.58. The van der Waals surface area contributed by atoms with E-state index in [4.69, 9.17) is 24.4 Å². The molecule has 0 radical (unpaired) electrons. The zero-order valence-corrected chi connectivity index (χ0v) is 22.7. The number of fused-ring (bicyclic) bond motifs is 2. The monoisotopic (exact) mass is 527 g/mol. The third-order valence-electron chi connectivity index (χ3n) is 7.47. The van der Waals surface area contributed by atoms with E-state index in [0.29, 0.717) is 37.9 Å². The van der Waals surface area contributed by atoms with Crippen LogP contribution in [-0.4, -0.2) is 62.3 Å². The Bertz CT molecular complexity index is 1520. The first-order valence-electron chi connectivity index (χ1n) is 13.3. The normalized spacial score (nSPS) is 18.6. The van der Waals surface area contributed by atoms with E-state index in [1.807, 2.05) is 29.4 Å². The Hall–Kier alpha value is -4.34. The second kappa shape index (κ2) is 10.1. The predicted molar refractivity (Wildman–Crippen MR) is 149 cm³/mol. The van der Waals surface area contributed by atoms with E-state index in [1.54, 1.807) is 6.92 Å². The van der Waals surface area contributed by atoms with Crippen LogP contribution in [0.3, 0.4) is 0 Å². The molecule has 0 saturated carbocycles. The van der Waals surface area contributed by atoms with E-state index in [0.717, 1.165) is 28.2 Å². The van der Waals surface area contributed by atoms with Crippen LogP contribution in [0.25, 0.3) is 11.2 Å². The molecule has 10 heteroatoms. The van der Waals surface area contributed by atoms with Gasteiger partial charge in [0.2, 0.25) is 18.6 Å². The summed E-state index contributed by atoms with van der Waals surface area (Å²) in [5.41, 5.74) is 4.93. The summed E-state index contributed by atoms with van der Waals surface area (Å²) in [6, 6.07) is 14.5. The van der Waals surface area contributed by atoms with Gasteiger partial charge in [0.05, 0.1) is 12.9 Å². The van der Waals surface area contributed by atoms with Gasteiger partial charge in [-0.3, -0.25) is 4.79 Å². The number of carbonyl (C=O) groups excluding carboxylic acids is 1. The molecule has 39 heavy (non-hydrogen) atoms. The minimum atomic E-state index is 0.0560. The van der Waals surface area contributed by atoms with Gasteiger partial charge in [-0.2, -0.15) is 9.97 Å². The summed E-state index contributed by atoms with van der Waals surface area (Å²) in [4.78, 5) is 31.0. The molecule has 2 unspecified atom stereocenters. The van der Waals surface area contributed by atoms with Crippen molar-refractivity contribution in [3.05, 3.63) is 65.5 Å². The summed E-state index contributed by atoms with van der Waals surface area (Å²) >= 11 is 0. The summed E-state index contributed by atoms with van der Waals surface area (Å²) in [5, 5.41) is 3.50. The molecule has 2 aromatic carbocycles. The van der Waals surface area contributed by atoms with Crippen LogP contribution in [0.4, 0.5) is 11.8 Å². The van der Waals surface area contributed by atoms with Crippen LogP contribution in [0.15, 0.2) is 48.8 Å². The molecule has 4 aromatic rings. The largest absolute Gasteiger partial charge is 0.454 e. The molecule has 4 heterocycles. The summed E-state index contributed by atoms with van der Waals surface area (Å²) in [6.07, 6.45) is 1.83. The summed E-state index contributed by atoms with van der Waals surface area (Å²) < 4.78 is 13.1. The zero-order chi connectivity index (χ0) is 27.1. The molecule has 10 nitrogen and oxygen atoms in total. The van der Waals surface area contributed by atoms with Crippen LogP contribution >= 0.6 is 0 Å². The minimum Gasteiger partial charge on any atom is -0.454 e. The van der Waals surface area contributed by atoms with Crippen LogP contribution in [-0.2, 0) is 17.9 Å². The van der Waals surface area contributed by atoms with Gasteiger partial charge < -0.3 is 29.2 Å². The Kier molecular flexibility index (Phi) is 6.46. The van der Waals surface area contributed by atoms with E-state index in [1.165, 1.54) is 11.1 Å². The summed E-state index contributed by atoms with van der Waals surface area (Å²) in [6.45, 7) is 10.6. The van der Waals surface area contributed by atoms with Crippen molar-refractivity contribution in [3.8, 4) is 11.5 Å². The van der Waals surface area contributed by atoms with Gasteiger partial charge >= 0.3 is 0 Å². The smallest absolute Gasteiger partial charge is 0.231 e. The number of amides is 1. The van der Waals surface area contributed by atoms with Crippen molar-refractivity contribution in [3.63, 3.8) is 0 Å². The standard InChI is InChI=1S/C29H33N7O3/c1-18-5-7-22(8-6-18)15-34-16-31-26-27(30-12-23-9-10-24-25(11-23)39-17-38-24)32-29(33-28(26)34)36-14-19(2)35(21(4)37)13-20(36)3/h5-11,16,19-20H,12-15,17H2,1-4H3,(H,30,32,33). The highest BCUT2D eigenvalue weighted by Crippen LogP contribution is 2.33. The number of aryl methyl sites for hydroxylation is 1. The number of hydrogen-bond acceptors (Lipinski definition) is 8. The molecule has 202 valence electrons. The molecule has 1 N–H and O–H groups in total. The summed E-state index contributed by atoms with van der Waals surface area (Å²) in [5.74, 6) is 2.89. The lowest BCUT2D eigenvalue weighted by atomic mass is 10.1. The fraction of sp³-hybridized carbons (Fsp3) is 0.379. The number of nitrogens with one attached hydrogen (secondary N) is 1. The van der Waals surface area contributed by atoms with Gasteiger partial charge in [0.1, 0.15) is 0 Å². The Balaban J connectivity index is 1.35. The Morgan fingerprint density at radius 1 is 1.00 bits per heavy atom. The fourth-order valence-electron chi connectivity index (χ4n) is 5.27. The average Bonchev–Trinajstić information content (AvgIpc) is 3.56. The lowest BCUT2D eigenvalue weighted by Gasteiger charge is -2.43. The topological polar surface area (TPSA) is 97.6 Å². The maximum absolute atomic E-state index is 12.2. The SMILES string of the molecule is CC(=O)N1CC(C)N(c2nc(NCc3ccc4c(c3)OCO4)c3ncn(Cc4ccc(C)cc4)c3n2)CC1C. The molecule has 2 aromatic heterocycles. The number of anilines is 2. The van der Waals surface area contributed by atoms with Crippen molar-refractivity contribution < 1.29 is 14.3 Å². The quantitative estimate of drug-likeness (QED) is 0.402. The maximum Gasteiger partial charge on any atom is 0.231 e. The second-order valence-electron chi connectivity index (χ2n) is 10.5. The zero-order valence-electron chi connectivity index (χ0n) is 22.7. The Morgan fingerprint density at radius 2 is 1.77 bits per heavy atom.